The lowest BCUT2D eigenvalue weighted by Crippen LogP contribution is -2.64. The summed E-state index contributed by atoms with van der Waals surface area (Å²) < 4.78 is 22.8. The zero-order valence-electron chi connectivity index (χ0n) is 38.1. The molecule has 360 valence electrons. The predicted octanol–water partition coefficient (Wildman–Crippen LogP) is 8.37. The molecule has 0 spiro atoms. The molecule has 0 saturated heterocycles. The van der Waals surface area contributed by atoms with E-state index in [4.69, 9.17) is 9.05 Å². The van der Waals surface area contributed by atoms with E-state index in [2.05, 4.69) is 31.3 Å². The van der Waals surface area contributed by atoms with Gasteiger partial charge in [0.25, 0.3) is 0 Å². The number of phosphoric ester groups is 1. The van der Waals surface area contributed by atoms with Crippen molar-refractivity contribution in [2.45, 2.75) is 261 Å². The average molecular weight is 892 g/mol. The van der Waals surface area contributed by atoms with Crippen molar-refractivity contribution in [3.63, 3.8) is 0 Å². The van der Waals surface area contributed by atoms with Crippen molar-refractivity contribution in [2.75, 3.05) is 6.61 Å². The Morgan fingerprint density at radius 2 is 0.967 bits per heavy atom. The van der Waals surface area contributed by atoms with Crippen LogP contribution in [0.15, 0.2) is 24.3 Å². The van der Waals surface area contributed by atoms with E-state index < -0.39 is 75.2 Å². The summed E-state index contributed by atoms with van der Waals surface area (Å²) in [6, 6.07) is -1.25. The number of allylic oxidation sites excluding steroid dienone is 3. The van der Waals surface area contributed by atoms with Crippen LogP contribution in [0, 0.1) is 0 Å². The van der Waals surface area contributed by atoms with Crippen LogP contribution < -0.4 is 5.32 Å². The van der Waals surface area contributed by atoms with Gasteiger partial charge in [0.1, 0.15) is 36.6 Å². The second-order valence-electron chi connectivity index (χ2n) is 17.5. The molecule has 1 aliphatic rings. The minimum absolute atomic E-state index is 0.249. The van der Waals surface area contributed by atoms with E-state index >= 15 is 0 Å². The highest BCUT2D eigenvalue weighted by atomic mass is 31.2. The summed E-state index contributed by atoms with van der Waals surface area (Å²) in [5, 5.41) is 74.3. The first-order valence-corrected chi connectivity index (χ1v) is 25.9. The summed E-state index contributed by atoms with van der Waals surface area (Å²) in [5.41, 5.74) is 0. The second-order valence-corrected chi connectivity index (χ2v) is 18.9. The van der Waals surface area contributed by atoms with E-state index in [1.165, 1.54) is 134 Å². The van der Waals surface area contributed by atoms with Gasteiger partial charge in [0.2, 0.25) is 5.91 Å². The zero-order valence-corrected chi connectivity index (χ0v) is 39.0. The Kier molecular flexibility index (Phi) is 35.1. The summed E-state index contributed by atoms with van der Waals surface area (Å²) in [6.45, 7) is 3.69. The van der Waals surface area contributed by atoms with Crippen LogP contribution in [0.2, 0.25) is 0 Å². The number of aliphatic hydroxyl groups is 7. The molecule has 0 aromatic heterocycles. The maximum atomic E-state index is 13.0. The maximum absolute atomic E-state index is 13.0. The molecule has 0 radical (unpaired) electrons. The minimum Gasteiger partial charge on any atom is -0.393 e. The minimum atomic E-state index is -5.14. The number of nitrogens with one attached hydrogen (secondary N) is 1. The lowest BCUT2D eigenvalue weighted by molar-refractivity contribution is -0.220. The summed E-state index contributed by atoms with van der Waals surface area (Å²) in [4.78, 5) is 23.4. The zero-order chi connectivity index (χ0) is 45.1. The molecule has 1 amide bonds. The van der Waals surface area contributed by atoms with Crippen molar-refractivity contribution in [1.82, 2.24) is 5.32 Å². The number of aliphatic hydroxyl groups excluding tert-OH is 7. The van der Waals surface area contributed by atoms with E-state index in [1.54, 1.807) is 6.08 Å². The molecule has 61 heavy (non-hydrogen) atoms. The molecule has 8 unspecified atom stereocenters. The van der Waals surface area contributed by atoms with Gasteiger partial charge in [-0.1, -0.05) is 192 Å². The fourth-order valence-corrected chi connectivity index (χ4v) is 8.75. The number of hydrogen-bond acceptors (Lipinski definition) is 11. The fraction of sp³-hybridized carbons (Fsp3) is 0.894. The SMILES string of the molecule is CCCCCC/C=C/CC/C=C/C(O)C(COP(=O)(O)OC1C(O)C(O)C(O)C(O)C1O)NC(=O)CC(O)CCCCCCCCCCCCCCCCCCCCCCC. The summed E-state index contributed by atoms with van der Waals surface area (Å²) in [5.74, 6) is -0.602. The van der Waals surface area contributed by atoms with Crippen molar-refractivity contribution >= 4 is 13.7 Å². The Morgan fingerprint density at radius 3 is 1.44 bits per heavy atom. The Hall–Kier alpha value is -1.22. The molecule has 8 atom stereocenters. The summed E-state index contributed by atoms with van der Waals surface area (Å²) >= 11 is 0. The van der Waals surface area contributed by atoms with Crippen LogP contribution in [0.5, 0.6) is 0 Å². The predicted molar refractivity (Wildman–Crippen MR) is 243 cm³/mol. The highest BCUT2D eigenvalue weighted by Crippen LogP contribution is 2.47. The summed E-state index contributed by atoms with van der Waals surface area (Å²) in [7, 11) is -5.14. The Labute approximate surface area is 369 Å². The normalized spacial score (nSPS) is 23.4. The van der Waals surface area contributed by atoms with Crippen LogP contribution in [0.25, 0.3) is 0 Å². The molecule has 1 fully saturated rings. The number of amides is 1. The first-order valence-electron chi connectivity index (χ1n) is 24.4. The largest absolute Gasteiger partial charge is 0.472 e. The van der Waals surface area contributed by atoms with E-state index in [0.717, 1.165) is 44.9 Å². The van der Waals surface area contributed by atoms with Crippen molar-refractivity contribution in [1.29, 1.82) is 0 Å². The quantitative estimate of drug-likeness (QED) is 0.0161. The van der Waals surface area contributed by atoms with E-state index in [-0.39, 0.29) is 6.42 Å². The number of hydrogen-bond donors (Lipinski definition) is 9. The standard InChI is InChI=1S/C47H90NO12P/c1-3-5-7-9-11-13-15-16-17-18-19-20-21-22-23-24-25-26-28-30-32-34-38(49)36-41(51)48-39(40(50)35-33-31-29-27-14-12-10-8-6-4-2)37-59-61(57,58)60-47-45(55)43(53)42(52)44(54)46(47)56/h14,27,33,35,38-40,42-47,49-50,52-56H,3-13,15-26,28-32,34,36-37H2,1-2H3,(H,48,51)(H,57,58)/b27-14+,35-33+. The molecule has 9 N–H and O–H groups in total. The monoisotopic (exact) mass is 892 g/mol. The highest BCUT2D eigenvalue weighted by Gasteiger charge is 2.51. The van der Waals surface area contributed by atoms with Gasteiger partial charge in [-0.2, -0.15) is 0 Å². The van der Waals surface area contributed by atoms with Crippen molar-refractivity contribution in [3.8, 4) is 0 Å². The third kappa shape index (κ3) is 29.0. The molecule has 0 aliphatic heterocycles. The fourth-order valence-electron chi connectivity index (χ4n) is 7.79. The van der Waals surface area contributed by atoms with Crippen molar-refractivity contribution in [3.05, 3.63) is 24.3 Å². The Balaban J connectivity index is 2.42. The first-order chi connectivity index (χ1) is 29.3. The van der Waals surface area contributed by atoms with Crippen LogP contribution in [0.4, 0.5) is 0 Å². The van der Waals surface area contributed by atoms with Gasteiger partial charge < -0.3 is 46.0 Å². The van der Waals surface area contributed by atoms with Gasteiger partial charge in [0.05, 0.1) is 31.3 Å². The molecule has 1 saturated carbocycles. The van der Waals surface area contributed by atoms with Gasteiger partial charge in [0, 0.05) is 0 Å². The molecule has 14 heteroatoms. The van der Waals surface area contributed by atoms with Crippen molar-refractivity contribution in [2.24, 2.45) is 0 Å². The van der Waals surface area contributed by atoms with Gasteiger partial charge in [-0.05, 0) is 32.1 Å². The van der Waals surface area contributed by atoms with Gasteiger partial charge in [-0.15, -0.1) is 0 Å². The van der Waals surface area contributed by atoms with Gasteiger partial charge in [0.15, 0.2) is 0 Å². The van der Waals surface area contributed by atoms with Crippen LogP contribution in [0.3, 0.4) is 0 Å². The Morgan fingerprint density at radius 1 is 0.574 bits per heavy atom. The summed E-state index contributed by atoms with van der Waals surface area (Å²) in [6.07, 6.45) is 27.3. The lowest BCUT2D eigenvalue weighted by Gasteiger charge is -2.41. The number of carbonyl (C=O) groups is 1. The second kappa shape index (κ2) is 37.0. The number of phosphoric acid groups is 1. The number of unbranched alkanes of at least 4 members (excludes halogenated alkanes) is 25. The first kappa shape index (κ1) is 57.8. The topological polar surface area (TPSA) is 226 Å². The van der Waals surface area contributed by atoms with Gasteiger partial charge in [-0.3, -0.25) is 13.8 Å². The van der Waals surface area contributed by atoms with Crippen LogP contribution >= 0.6 is 7.82 Å². The third-order valence-electron chi connectivity index (χ3n) is 11.8. The van der Waals surface area contributed by atoms with E-state index in [1.807, 2.05) is 0 Å². The van der Waals surface area contributed by atoms with Crippen LogP contribution in [0.1, 0.15) is 206 Å². The Bertz CT molecular complexity index is 1140. The molecular weight excluding hydrogens is 801 g/mol. The molecule has 0 heterocycles. The molecule has 0 aromatic rings. The molecule has 1 rings (SSSR count). The van der Waals surface area contributed by atoms with Crippen LogP contribution in [-0.2, 0) is 18.4 Å². The van der Waals surface area contributed by atoms with Crippen LogP contribution in [-0.4, -0.2) is 108 Å². The molecule has 1 aliphatic carbocycles. The lowest BCUT2D eigenvalue weighted by atomic mass is 9.85. The molecule has 0 bridgehead atoms. The van der Waals surface area contributed by atoms with Gasteiger partial charge in [-0.25, -0.2) is 4.57 Å². The van der Waals surface area contributed by atoms with Crippen molar-refractivity contribution < 1.29 is 59.0 Å². The van der Waals surface area contributed by atoms with E-state index in [0.29, 0.717) is 12.8 Å². The average Bonchev–Trinajstić information content (AvgIpc) is 3.23. The van der Waals surface area contributed by atoms with E-state index in [9.17, 15) is 50.0 Å². The molecule has 13 nitrogen and oxygen atoms in total. The number of carbonyl (C=O) groups excluding carboxylic acids is 1. The number of rotatable bonds is 40. The third-order valence-corrected chi connectivity index (χ3v) is 12.8. The smallest absolute Gasteiger partial charge is 0.393 e. The molecular formula is C47H90NO12P. The highest BCUT2D eigenvalue weighted by molar-refractivity contribution is 7.47. The molecule has 0 aromatic carbocycles. The maximum Gasteiger partial charge on any atom is 0.472 e. The van der Waals surface area contributed by atoms with Gasteiger partial charge >= 0.3 is 7.82 Å².